The number of H-pyrrole nitrogens is 1. The minimum atomic E-state index is -0.0223. The summed E-state index contributed by atoms with van der Waals surface area (Å²) >= 11 is 0. The highest BCUT2D eigenvalue weighted by molar-refractivity contribution is 5.04. The summed E-state index contributed by atoms with van der Waals surface area (Å²) in [5.74, 6) is 1.12. The molecule has 2 aliphatic heterocycles. The van der Waals surface area contributed by atoms with Crippen LogP contribution in [-0.2, 0) is 22.4 Å². The van der Waals surface area contributed by atoms with Gasteiger partial charge in [0.25, 0.3) is 0 Å². The van der Waals surface area contributed by atoms with Gasteiger partial charge >= 0.3 is 0 Å². The Labute approximate surface area is 133 Å². The fraction of sp³-hybridized carbons (Fsp3) is 0.824. The highest BCUT2D eigenvalue weighted by Crippen LogP contribution is 2.37. The van der Waals surface area contributed by atoms with E-state index in [-0.39, 0.29) is 11.7 Å². The number of methoxy groups -OCH3 is 1. The van der Waals surface area contributed by atoms with E-state index in [0.717, 1.165) is 51.3 Å². The van der Waals surface area contributed by atoms with Gasteiger partial charge in [0.2, 0.25) is 0 Å². The van der Waals surface area contributed by atoms with Crippen LogP contribution in [0, 0.1) is 0 Å². The zero-order valence-electron chi connectivity index (χ0n) is 13.9. The average Bonchev–Trinajstić information content (AvgIpc) is 3.17. The van der Waals surface area contributed by atoms with Crippen LogP contribution in [0.3, 0.4) is 0 Å². The third-order valence-corrected chi connectivity index (χ3v) is 5.12. The van der Waals surface area contributed by atoms with Crippen LogP contribution in [0.2, 0.25) is 0 Å². The van der Waals surface area contributed by atoms with E-state index in [9.17, 15) is 0 Å². The van der Waals surface area contributed by atoms with E-state index < -0.39 is 0 Å². The van der Waals surface area contributed by atoms with Crippen LogP contribution in [0.4, 0.5) is 0 Å². The van der Waals surface area contributed by atoms with Gasteiger partial charge < -0.3 is 14.5 Å². The Morgan fingerprint density at radius 1 is 1.50 bits per heavy atom. The number of hydrogen-bond donors (Lipinski definition) is 1. The second-order valence-electron chi connectivity index (χ2n) is 6.68. The van der Waals surface area contributed by atoms with E-state index in [4.69, 9.17) is 9.47 Å². The number of nitrogens with one attached hydrogen (secondary N) is 1. The topological polar surface area (TPSA) is 50.4 Å². The number of aromatic amines is 1. The van der Waals surface area contributed by atoms with Gasteiger partial charge in [-0.1, -0.05) is 13.3 Å². The maximum Gasteiger partial charge on any atom is 0.106 e. The van der Waals surface area contributed by atoms with Crippen LogP contribution in [0.5, 0.6) is 0 Å². The number of piperidine rings is 1. The summed E-state index contributed by atoms with van der Waals surface area (Å²) in [7, 11) is 1.82. The lowest BCUT2D eigenvalue weighted by molar-refractivity contribution is -0.143. The quantitative estimate of drug-likeness (QED) is 0.877. The molecule has 1 aromatic rings. The first-order valence-corrected chi connectivity index (χ1v) is 8.67. The second-order valence-corrected chi connectivity index (χ2v) is 6.68. The van der Waals surface area contributed by atoms with Crippen LogP contribution in [0.25, 0.3) is 0 Å². The van der Waals surface area contributed by atoms with E-state index in [1.165, 1.54) is 25.0 Å². The molecule has 5 heteroatoms. The molecule has 0 bridgehead atoms. The first kappa shape index (κ1) is 16.0. The Bertz CT molecular complexity index is 468. The average molecular weight is 307 g/mol. The molecule has 0 radical (unpaired) electrons. The van der Waals surface area contributed by atoms with Crippen molar-refractivity contribution in [1.82, 2.24) is 14.9 Å². The fourth-order valence-corrected chi connectivity index (χ4v) is 3.80. The van der Waals surface area contributed by atoms with Gasteiger partial charge in [-0.05, 0) is 25.7 Å². The lowest BCUT2D eigenvalue weighted by atomic mass is 9.86. The predicted molar refractivity (Wildman–Crippen MR) is 85.8 cm³/mol. The summed E-state index contributed by atoms with van der Waals surface area (Å²) < 4.78 is 11.8. The third kappa shape index (κ3) is 3.36. The predicted octanol–water partition coefficient (Wildman–Crippen LogP) is 2.52. The molecule has 2 aliphatic rings. The number of unbranched alkanes of at least 4 members (excludes halogenated alkanes) is 1. The molecule has 0 saturated carbocycles. The molecule has 22 heavy (non-hydrogen) atoms. The molecule has 2 atom stereocenters. The first-order valence-electron chi connectivity index (χ1n) is 8.67. The maximum absolute atomic E-state index is 6.06. The van der Waals surface area contributed by atoms with E-state index in [1.54, 1.807) is 0 Å². The molecule has 1 aromatic heterocycles. The van der Waals surface area contributed by atoms with Crippen molar-refractivity contribution in [3.8, 4) is 0 Å². The number of aromatic nitrogens is 2. The van der Waals surface area contributed by atoms with E-state index >= 15 is 0 Å². The summed E-state index contributed by atoms with van der Waals surface area (Å²) in [5, 5.41) is 0. The minimum absolute atomic E-state index is 0.0223. The Morgan fingerprint density at radius 3 is 3.14 bits per heavy atom. The Morgan fingerprint density at radius 2 is 2.41 bits per heavy atom. The van der Waals surface area contributed by atoms with Crippen molar-refractivity contribution < 1.29 is 9.47 Å². The summed E-state index contributed by atoms with van der Waals surface area (Å²) in [6.45, 7) is 6.04. The monoisotopic (exact) mass is 307 g/mol. The van der Waals surface area contributed by atoms with Crippen molar-refractivity contribution in [3.05, 3.63) is 17.7 Å². The summed E-state index contributed by atoms with van der Waals surface area (Å²) in [5.41, 5.74) is 1.19. The molecule has 0 aliphatic carbocycles. The third-order valence-electron chi connectivity index (χ3n) is 5.12. The Hall–Kier alpha value is -0.910. The largest absolute Gasteiger partial charge is 0.377 e. The number of aryl methyl sites for hydroxylation is 1. The van der Waals surface area contributed by atoms with Crippen LogP contribution in [-0.4, -0.2) is 53.4 Å². The number of likely N-dealkylation sites (tertiary alicyclic amines) is 1. The van der Waals surface area contributed by atoms with Crippen LogP contribution < -0.4 is 0 Å². The molecule has 2 saturated heterocycles. The molecule has 2 fully saturated rings. The summed E-state index contributed by atoms with van der Waals surface area (Å²) in [4.78, 5) is 10.4. The molecule has 0 unspecified atom stereocenters. The molecule has 124 valence electrons. The smallest absolute Gasteiger partial charge is 0.106 e. The van der Waals surface area contributed by atoms with Gasteiger partial charge in [0.15, 0.2) is 0 Å². The first-order chi connectivity index (χ1) is 10.8. The molecular formula is C17H29N3O2. The van der Waals surface area contributed by atoms with Crippen LogP contribution in [0.1, 0.15) is 50.5 Å². The normalized spacial score (nSPS) is 29.5. The van der Waals surface area contributed by atoms with Crippen molar-refractivity contribution in [2.45, 2.75) is 63.7 Å². The van der Waals surface area contributed by atoms with Gasteiger partial charge in [0.05, 0.1) is 11.7 Å². The van der Waals surface area contributed by atoms with Gasteiger partial charge in [-0.15, -0.1) is 0 Å². The molecule has 5 nitrogen and oxygen atoms in total. The number of nitrogens with zero attached hydrogens (tertiary/aromatic N) is 2. The molecule has 3 rings (SSSR count). The molecule has 0 amide bonds. The highest BCUT2D eigenvalue weighted by atomic mass is 16.5. The molecule has 1 spiro atoms. The maximum atomic E-state index is 6.06. The van der Waals surface area contributed by atoms with Crippen LogP contribution in [0.15, 0.2) is 6.20 Å². The fourth-order valence-electron chi connectivity index (χ4n) is 3.80. The Balaban J connectivity index is 1.56. The second kappa shape index (κ2) is 7.11. The standard InChI is InChI=1S/C17H29N3O2/c1-3-4-6-16-18-11-14(19-16)12-20-9-8-17(7-5-10-22-17)15(13-20)21-2/h11,15H,3-10,12-13H2,1-2H3,(H,18,19)/t15-,17-/m0/s1. The van der Waals surface area contributed by atoms with Crippen LogP contribution >= 0.6 is 0 Å². The zero-order chi connectivity index (χ0) is 15.4. The molecule has 3 heterocycles. The molecule has 1 N–H and O–H groups in total. The van der Waals surface area contributed by atoms with E-state index in [0.29, 0.717) is 0 Å². The lowest BCUT2D eigenvalue weighted by Crippen LogP contribution is -2.55. The Kier molecular flexibility index (Phi) is 5.16. The number of ether oxygens (including phenoxy) is 2. The van der Waals surface area contributed by atoms with Gasteiger partial charge in [-0.25, -0.2) is 4.98 Å². The van der Waals surface area contributed by atoms with Crippen molar-refractivity contribution in [2.24, 2.45) is 0 Å². The van der Waals surface area contributed by atoms with Crippen molar-refractivity contribution in [2.75, 3.05) is 26.8 Å². The van der Waals surface area contributed by atoms with E-state index in [2.05, 4.69) is 21.8 Å². The van der Waals surface area contributed by atoms with Crippen molar-refractivity contribution in [1.29, 1.82) is 0 Å². The SMILES string of the molecule is CCCCc1ncc(CN2CC[C@@]3(CCCO3)[C@@H](OC)C2)[nH]1. The molecular weight excluding hydrogens is 278 g/mol. The molecule has 0 aromatic carbocycles. The highest BCUT2D eigenvalue weighted by Gasteiger charge is 2.46. The van der Waals surface area contributed by atoms with Gasteiger partial charge in [-0.2, -0.15) is 0 Å². The van der Waals surface area contributed by atoms with Gasteiger partial charge in [0, 0.05) is 51.7 Å². The van der Waals surface area contributed by atoms with E-state index in [1.807, 2.05) is 13.3 Å². The summed E-state index contributed by atoms with van der Waals surface area (Å²) in [6.07, 6.45) is 9.01. The zero-order valence-corrected chi connectivity index (χ0v) is 13.9. The van der Waals surface area contributed by atoms with Crippen molar-refractivity contribution >= 4 is 0 Å². The minimum Gasteiger partial charge on any atom is -0.377 e. The van der Waals surface area contributed by atoms with Crippen molar-refractivity contribution in [3.63, 3.8) is 0 Å². The lowest BCUT2D eigenvalue weighted by Gasteiger charge is -2.44. The number of rotatable bonds is 6. The van der Waals surface area contributed by atoms with Gasteiger partial charge in [-0.3, -0.25) is 4.90 Å². The number of hydrogen-bond acceptors (Lipinski definition) is 4. The number of imidazole rings is 1. The van der Waals surface area contributed by atoms with Gasteiger partial charge in [0.1, 0.15) is 5.82 Å². The summed E-state index contributed by atoms with van der Waals surface area (Å²) in [6, 6.07) is 0.